The van der Waals surface area contributed by atoms with Crippen LogP contribution in [0.3, 0.4) is 0 Å². The largest absolute Gasteiger partial charge is 0.399 e. The highest BCUT2D eigenvalue weighted by molar-refractivity contribution is 5.73. The van der Waals surface area contributed by atoms with Gasteiger partial charge in [0.25, 0.3) is 0 Å². The maximum absolute atomic E-state index is 7.10. The van der Waals surface area contributed by atoms with E-state index in [1.165, 1.54) is 0 Å². The molecule has 0 unspecified atom stereocenters. The van der Waals surface area contributed by atoms with Gasteiger partial charge < -0.3 is 10.3 Å². The number of nitrogens with two attached hydrogens (primary N) is 1. The molecule has 0 aliphatic carbocycles. The lowest BCUT2D eigenvalue weighted by Crippen LogP contribution is -2.01. The zero-order valence-electron chi connectivity index (χ0n) is 13.9. The maximum Gasteiger partial charge on any atom is 0.187 e. The lowest BCUT2D eigenvalue weighted by atomic mass is 10.1. The lowest BCUT2D eigenvalue weighted by molar-refractivity contribution is 0.819. The fourth-order valence-electron chi connectivity index (χ4n) is 3.55. The van der Waals surface area contributed by atoms with E-state index in [9.17, 15) is 0 Å². The Morgan fingerprint density at radius 3 is 2.69 bits per heavy atom. The third kappa shape index (κ3) is 2.13. The van der Waals surface area contributed by atoms with E-state index in [0.29, 0.717) is 5.69 Å². The topological polar surface area (TPSA) is 53.1 Å². The van der Waals surface area contributed by atoms with Crippen LogP contribution in [0.15, 0.2) is 67.1 Å². The van der Waals surface area contributed by atoms with Crippen LogP contribution in [0.25, 0.3) is 33.2 Å². The molecule has 0 fully saturated rings. The Balaban J connectivity index is 1.68. The second-order valence-electron chi connectivity index (χ2n) is 6.41. The number of nitrogen functional groups attached to an aromatic ring is 1. The quantitative estimate of drug-likeness (QED) is 0.362. The summed E-state index contributed by atoms with van der Waals surface area (Å²) < 4.78 is 4.32. The molecule has 1 aliphatic rings. The van der Waals surface area contributed by atoms with Crippen molar-refractivity contribution in [1.82, 2.24) is 14.1 Å². The van der Waals surface area contributed by atoms with E-state index in [4.69, 9.17) is 12.3 Å². The fourth-order valence-corrected chi connectivity index (χ4v) is 3.55. The van der Waals surface area contributed by atoms with Crippen molar-refractivity contribution in [2.45, 2.75) is 6.54 Å². The molecular formula is C21H15N5. The molecular weight excluding hydrogens is 322 g/mol. The highest BCUT2D eigenvalue weighted by atomic mass is 15.1. The summed E-state index contributed by atoms with van der Waals surface area (Å²) in [5.41, 5.74) is 13.0. The molecule has 4 aromatic rings. The number of hydrogen-bond acceptors (Lipinski definition) is 2. The van der Waals surface area contributed by atoms with Gasteiger partial charge >= 0.3 is 0 Å². The average Bonchev–Trinajstić information content (AvgIpc) is 3.27. The monoisotopic (exact) mass is 337 g/mol. The van der Waals surface area contributed by atoms with Gasteiger partial charge in [-0.2, -0.15) is 0 Å². The number of imidazole rings is 1. The summed E-state index contributed by atoms with van der Waals surface area (Å²) in [6.45, 7) is 7.83. The minimum absolute atomic E-state index is 0.648. The standard InChI is InChI=1S/C21H15N5/c1-23-18-5-2-14(3-6-18)15-11-20-21-24-8-9-26(21)19-7-4-17(22)10-16(19)13-25(20)12-15/h2-12H,13,22H2. The summed E-state index contributed by atoms with van der Waals surface area (Å²) in [6.07, 6.45) is 5.94. The predicted octanol–water partition coefficient (Wildman–Crippen LogP) is 4.50. The summed E-state index contributed by atoms with van der Waals surface area (Å²) in [7, 11) is 0. The Labute approximate surface area is 150 Å². The van der Waals surface area contributed by atoms with Crippen LogP contribution in [-0.2, 0) is 6.54 Å². The summed E-state index contributed by atoms with van der Waals surface area (Å²) >= 11 is 0. The molecule has 124 valence electrons. The van der Waals surface area contributed by atoms with Gasteiger partial charge in [0.15, 0.2) is 11.5 Å². The van der Waals surface area contributed by atoms with E-state index >= 15 is 0 Å². The first-order valence-electron chi connectivity index (χ1n) is 8.33. The molecule has 3 heterocycles. The highest BCUT2D eigenvalue weighted by Gasteiger charge is 2.21. The fraction of sp³-hybridized carbons (Fsp3) is 0.0476. The molecule has 5 heteroatoms. The van der Waals surface area contributed by atoms with E-state index < -0.39 is 0 Å². The summed E-state index contributed by atoms with van der Waals surface area (Å²) in [5, 5.41) is 0. The molecule has 0 amide bonds. The van der Waals surface area contributed by atoms with Crippen molar-refractivity contribution in [2.75, 3.05) is 5.73 Å². The van der Waals surface area contributed by atoms with Gasteiger partial charge in [-0.15, -0.1) is 0 Å². The first kappa shape index (κ1) is 14.6. The molecule has 2 aromatic carbocycles. The Bertz CT molecular complexity index is 1170. The van der Waals surface area contributed by atoms with Crippen LogP contribution in [0, 0.1) is 6.57 Å². The summed E-state index contributed by atoms with van der Waals surface area (Å²) in [6, 6.07) is 15.8. The van der Waals surface area contributed by atoms with Crippen LogP contribution < -0.4 is 5.73 Å². The van der Waals surface area contributed by atoms with Gasteiger partial charge in [-0.05, 0) is 35.4 Å². The van der Waals surface area contributed by atoms with Gasteiger partial charge in [0.1, 0.15) is 0 Å². The highest BCUT2D eigenvalue weighted by Crippen LogP contribution is 2.34. The Kier molecular flexibility index (Phi) is 3.00. The Morgan fingerprint density at radius 2 is 1.88 bits per heavy atom. The van der Waals surface area contributed by atoms with Gasteiger partial charge in [-0.3, -0.25) is 4.57 Å². The normalized spacial score (nSPS) is 11.8. The van der Waals surface area contributed by atoms with Crippen LogP contribution >= 0.6 is 0 Å². The maximum atomic E-state index is 7.10. The van der Waals surface area contributed by atoms with Crippen LogP contribution in [-0.4, -0.2) is 14.1 Å². The number of hydrogen-bond donors (Lipinski definition) is 1. The number of aromatic nitrogens is 3. The second-order valence-corrected chi connectivity index (χ2v) is 6.41. The van der Waals surface area contributed by atoms with Gasteiger partial charge in [-0.25, -0.2) is 9.83 Å². The van der Waals surface area contributed by atoms with Crippen molar-refractivity contribution >= 4 is 11.4 Å². The SMILES string of the molecule is [C-]#[N+]c1ccc(-c2cc3n(c2)Cc2cc(N)ccc2-n2ccnc2-3)cc1. The summed E-state index contributed by atoms with van der Waals surface area (Å²) in [5.74, 6) is 0.914. The molecule has 5 rings (SSSR count). The zero-order valence-corrected chi connectivity index (χ0v) is 13.9. The molecule has 0 radical (unpaired) electrons. The number of fused-ring (bicyclic) bond motifs is 5. The minimum Gasteiger partial charge on any atom is -0.399 e. The second kappa shape index (κ2) is 5.36. The Morgan fingerprint density at radius 1 is 1.04 bits per heavy atom. The number of anilines is 1. The molecule has 0 bridgehead atoms. The van der Waals surface area contributed by atoms with Gasteiger partial charge in [0, 0.05) is 36.4 Å². The molecule has 0 atom stereocenters. The van der Waals surface area contributed by atoms with E-state index in [0.717, 1.165) is 46.1 Å². The first-order valence-corrected chi connectivity index (χ1v) is 8.33. The molecule has 2 aromatic heterocycles. The Hall–Kier alpha value is -3.78. The van der Waals surface area contributed by atoms with Crippen LogP contribution in [0.2, 0.25) is 0 Å². The lowest BCUT2D eigenvalue weighted by Gasteiger charge is -2.09. The molecule has 0 saturated carbocycles. The predicted molar refractivity (Wildman–Crippen MR) is 102 cm³/mol. The van der Waals surface area contributed by atoms with E-state index in [1.54, 1.807) is 0 Å². The van der Waals surface area contributed by atoms with Crippen molar-refractivity contribution < 1.29 is 0 Å². The van der Waals surface area contributed by atoms with Crippen molar-refractivity contribution in [3.05, 3.63) is 84.1 Å². The number of nitrogens with zero attached hydrogens (tertiary/aromatic N) is 4. The third-order valence-corrected chi connectivity index (χ3v) is 4.80. The molecule has 5 nitrogen and oxygen atoms in total. The van der Waals surface area contributed by atoms with Crippen molar-refractivity contribution in [2.24, 2.45) is 0 Å². The molecule has 26 heavy (non-hydrogen) atoms. The van der Waals surface area contributed by atoms with Crippen LogP contribution in [0.4, 0.5) is 11.4 Å². The van der Waals surface area contributed by atoms with Crippen molar-refractivity contribution in [3.8, 4) is 28.3 Å². The molecule has 1 aliphatic heterocycles. The molecule has 0 saturated heterocycles. The van der Waals surface area contributed by atoms with Crippen molar-refractivity contribution in [3.63, 3.8) is 0 Å². The number of rotatable bonds is 1. The van der Waals surface area contributed by atoms with Gasteiger partial charge in [-0.1, -0.05) is 24.3 Å². The van der Waals surface area contributed by atoms with Crippen molar-refractivity contribution in [1.29, 1.82) is 0 Å². The van der Waals surface area contributed by atoms with Gasteiger partial charge in [0.2, 0.25) is 0 Å². The smallest absolute Gasteiger partial charge is 0.187 e. The average molecular weight is 337 g/mol. The van der Waals surface area contributed by atoms with Crippen LogP contribution in [0.1, 0.15) is 5.56 Å². The summed E-state index contributed by atoms with van der Waals surface area (Å²) in [4.78, 5) is 8.04. The first-order chi connectivity index (χ1) is 12.7. The van der Waals surface area contributed by atoms with Gasteiger partial charge in [0.05, 0.1) is 18.0 Å². The van der Waals surface area contributed by atoms with E-state index in [2.05, 4.69) is 31.2 Å². The molecule has 0 spiro atoms. The third-order valence-electron chi connectivity index (χ3n) is 4.80. The van der Waals surface area contributed by atoms with E-state index in [-0.39, 0.29) is 0 Å². The van der Waals surface area contributed by atoms with E-state index in [1.807, 2.05) is 54.9 Å². The van der Waals surface area contributed by atoms with Crippen LogP contribution in [0.5, 0.6) is 0 Å². The number of benzene rings is 2. The minimum atomic E-state index is 0.648. The zero-order chi connectivity index (χ0) is 17.7. The molecule has 2 N–H and O–H groups in total.